The van der Waals surface area contributed by atoms with Crippen molar-refractivity contribution in [3.63, 3.8) is 0 Å². The fourth-order valence-electron chi connectivity index (χ4n) is 5.82. The lowest BCUT2D eigenvalue weighted by molar-refractivity contribution is 0.403. The predicted octanol–water partition coefficient (Wildman–Crippen LogP) is 10.6. The number of rotatable bonds is 15. The van der Waals surface area contributed by atoms with Gasteiger partial charge in [-0.3, -0.25) is 4.55 Å². The maximum atomic E-state index is 12.6. The fraction of sp³-hybridized carbons (Fsp3) is 0.171. The highest BCUT2D eigenvalue weighted by molar-refractivity contribution is 7.86. The van der Waals surface area contributed by atoms with Gasteiger partial charge in [0.25, 0.3) is 10.1 Å². The molecule has 0 spiro atoms. The van der Waals surface area contributed by atoms with Crippen LogP contribution in [0.1, 0.15) is 11.1 Å². The lowest BCUT2D eigenvalue weighted by atomic mass is 10.1. The molecule has 0 saturated heterocycles. The molecule has 6 aromatic carbocycles. The normalized spacial score (nSPS) is 11.8. The Morgan fingerprint density at radius 1 is 0.610 bits per heavy atom. The van der Waals surface area contributed by atoms with Gasteiger partial charge in [-0.15, -0.1) is 25.6 Å². The fourth-order valence-corrected chi connectivity index (χ4v) is 6.48. The topological polar surface area (TPSA) is 233 Å². The summed E-state index contributed by atoms with van der Waals surface area (Å²) in [5.74, 6) is 1.18. The molecule has 0 amide bonds. The summed E-state index contributed by atoms with van der Waals surface area (Å²) in [5, 5.41) is 40.9. The van der Waals surface area contributed by atoms with E-state index in [1.807, 2.05) is 25.1 Å². The second kappa shape index (κ2) is 17.9. The van der Waals surface area contributed by atoms with Crippen molar-refractivity contribution < 1.29 is 41.8 Å². The molecule has 5 N–H and O–H groups in total. The Bertz CT molecular complexity index is 2720. The second-order valence-electron chi connectivity index (χ2n) is 12.7. The molecule has 0 aromatic heterocycles. The summed E-state index contributed by atoms with van der Waals surface area (Å²) >= 11 is 0. The quantitative estimate of drug-likeness (QED) is 0.0432. The van der Waals surface area contributed by atoms with E-state index in [0.29, 0.717) is 57.6 Å². The number of nitrogen functional groups attached to an aromatic ring is 1. The molecule has 0 radical (unpaired) electrons. The summed E-state index contributed by atoms with van der Waals surface area (Å²) in [6.07, 6.45) is 0. The molecule has 0 aliphatic heterocycles. The molecule has 0 atom stereocenters. The number of hydrogen-bond donors (Lipinski definition) is 4. The standard InChI is InChI=1S/C41H40N8O9S/c1-23-15-28(54-2)12-14-30(23)44-45-31-18-36(56-4)32(19-35(31)55-3)46-47-33-20-38(58-6)34(21-37(33)57-5)48-49-40-39(59(51,52)53)17-25-16-27(11-13-29(25)41(40)50)43-22-24-7-9-26(42)10-8-24/h7-21,43,50H,22,42H2,1-6H3,(H,51,52,53). The molecule has 0 fully saturated rings. The van der Waals surface area contributed by atoms with Crippen molar-refractivity contribution >= 4 is 66.4 Å². The molecule has 0 aliphatic carbocycles. The number of phenolic OH excluding ortho intramolecular Hbond substituents is 1. The number of fused-ring (bicyclic) bond motifs is 1. The van der Waals surface area contributed by atoms with Gasteiger partial charge >= 0.3 is 0 Å². The number of methoxy groups -OCH3 is 5. The highest BCUT2D eigenvalue weighted by Crippen LogP contribution is 2.46. The van der Waals surface area contributed by atoms with Crippen LogP contribution in [-0.4, -0.2) is 53.6 Å². The van der Waals surface area contributed by atoms with Gasteiger partial charge in [0.1, 0.15) is 62.1 Å². The molecule has 0 bridgehead atoms. The number of nitrogens with zero attached hydrogens (tertiary/aromatic N) is 6. The van der Waals surface area contributed by atoms with E-state index < -0.39 is 26.5 Å². The van der Waals surface area contributed by atoms with E-state index in [9.17, 15) is 18.1 Å². The number of aryl methyl sites for hydroxylation is 1. The van der Waals surface area contributed by atoms with E-state index >= 15 is 0 Å². The molecule has 6 rings (SSSR count). The number of azo groups is 3. The van der Waals surface area contributed by atoms with Crippen LogP contribution in [-0.2, 0) is 16.7 Å². The maximum Gasteiger partial charge on any atom is 0.296 e. The van der Waals surface area contributed by atoms with Crippen molar-refractivity contribution in [1.82, 2.24) is 0 Å². The van der Waals surface area contributed by atoms with Crippen LogP contribution in [0.5, 0.6) is 34.5 Å². The minimum atomic E-state index is -4.89. The average molecular weight is 821 g/mol. The largest absolute Gasteiger partial charge is 0.505 e. The monoisotopic (exact) mass is 820 g/mol. The molecule has 0 aliphatic rings. The van der Waals surface area contributed by atoms with E-state index in [0.717, 1.165) is 11.1 Å². The lowest BCUT2D eigenvalue weighted by Crippen LogP contribution is -2.01. The first-order valence-electron chi connectivity index (χ1n) is 17.6. The summed E-state index contributed by atoms with van der Waals surface area (Å²) in [4.78, 5) is -0.661. The van der Waals surface area contributed by atoms with Gasteiger partial charge in [-0.05, 0) is 78.0 Å². The van der Waals surface area contributed by atoms with Gasteiger partial charge < -0.3 is 39.8 Å². The molecule has 18 heteroatoms. The molecule has 0 saturated carbocycles. The predicted molar refractivity (Wildman–Crippen MR) is 223 cm³/mol. The number of aromatic hydroxyl groups is 1. The van der Waals surface area contributed by atoms with Gasteiger partial charge in [-0.1, -0.05) is 12.1 Å². The van der Waals surface area contributed by atoms with Gasteiger partial charge in [0.05, 0.1) is 41.2 Å². The molecule has 59 heavy (non-hydrogen) atoms. The lowest BCUT2D eigenvalue weighted by Gasteiger charge is -2.12. The zero-order valence-electron chi connectivity index (χ0n) is 32.8. The highest BCUT2D eigenvalue weighted by Gasteiger charge is 2.23. The van der Waals surface area contributed by atoms with E-state index in [-0.39, 0.29) is 28.3 Å². The van der Waals surface area contributed by atoms with Gasteiger partial charge in [-0.2, -0.15) is 13.5 Å². The number of phenols is 1. The van der Waals surface area contributed by atoms with Crippen LogP contribution in [0, 0.1) is 6.92 Å². The van der Waals surface area contributed by atoms with E-state index in [2.05, 4.69) is 36.0 Å². The number of nitrogens with one attached hydrogen (secondary N) is 1. The van der Waals surface area contributed by atoms with Crippen molar-refractivity contribution in [2.24, 2.45) is 30.7 Å². The highest BCUT2D eigenvalue weighted by atomic mass is 32.2. The van der Waals surface area contributed by atoms with Crippen molar-refractivity contribution in [1.29, 1.82) is 0 Å². The molecule has 304 valence electrons. The van der Waals surface area contributed by atoms with Crippen LogP contribution in [0.2, 0.25) is 0 Å². The Hall–Kier alpha value is -7.31. The third kappa shape index (κ3) is 9.46. The first-order chi connectivity index (χ1) is 28.3. The maximum absolute atomic E-state index is 12.6. The Morgan fingerprint density at radius 3 is 1.59 bits per heavy atom. The first-order valence-corrected chi connectivity index (χ1v) is 19.1. The van der Waals surface area contributed by atoms with Gasteiger partial charge in [0.2, 0.25) is 0 Å². The van der Waals surface area contributed by atoms with Crippen molar-refractivity contribution in [3.05, 3.63) is 102 Å². The molecule has 0 unspecified atom stereocenters. The third-order valence-corrected chi connectivity index (χ3v) is 9.83. The molecule has 0 heterocycles. The third-order valence-electron chi connectivity index (χ3n) is 8.96. The molecule has 17 nitrogen and oxygen atoms in total. The number of nitrogens with two attached hydrogens (primary N) is 1. The van der Waals surface area contributed by atoms with Gasteiger partial charge in [0, 0.05) is 47.6 Å². The van der Waals surface area contributed by atoms with E-state index in [1.54, 1.807) is 61.7 Å². The van der Waals surface area contributed by atoms with Crippen molar-refractivity contribution in [3.8, 4) is 34.5 Å². The smallest absolute Gasteiger partial charge is 0.296 e. The Morgan fingerprint density at radius 2 is 1.12 bits per heavy atom. The van der Waals surface area contributed by atoms with E-state index in [1.165, 1.54) is 46.6 Å². The molecular weight excluding hydrogens is 781 g/mol. The van der Waals surface area contributed by atoms with Crippen LogP contribution in [0.15, 0.2) is 127 Å². The van der Waals surface area contributed by atoms with Crippen molar-refractivity contribution in [2.45, 2.75) is 18.4 Å². The Labute approximate surface area is 339 Å². The molecule has 6 aromatic rings. The summed E-state index contributed by atoms with van der Waals surface area (Å²) in [7, 11) is 2.44. The zero-order chi connectivity index (χ0) is 42.3. The number of benzene rings is 6. The second-order valence-corrected chi connectivity index (χ2v) is 14.1. The summed E-state index contributed by atoms with van der Waals surface area (Å²) < 4.78 is 62.9. The summed E-state index contributed by atoms with van der Waals surface area (Å²) in [5.41, 5.74) is 10.0. The van der Waals surface area contributed by atoms with Crippen LogP contribution >= 0.6 is 0 Å². The minimum Gasteiger partial charge on any atom is -0.505 e. The van der Waals surface area contributed by atoms with Crippen LogP contribution in [0.25, 0.3) is 10.8 Å². The van der Waals surface area contributed by atoms with Gasteiger partial charge in [0.15, 0.2) is 5.75 Å². The summed E-state index contributed by atoms with van der Waals surface area (Å²) in [6.45, 7) is 2.35. The van der Waals surface area contributed by atoms with E-state index in [4.69, 9.17) is 29.4 Å². The number of ether oxygens (including phenoxy) is 5. The number of anilines is 2. The first kappa shape index (κ1) is 41.3. The molecular formula is C41H40N8O9S. The Kier molecular flexibility index (Phi) is 12.5. The van der Waals surface area contributed by atoms with Gasteiger partial charge in [-0.25, -0.2) is 0 Å². The summed E-state index contributed by atoms with van der Waals surface area (Å²) in [6, 6.07) is 25.0. The van der Waals surface area contributed by atoms with Crippen LogP contribution < -0.4 is 34.7 Å². The van der Waals surface area contributed by atoms with Crippen LogP contribution in [0.3, 0.4) is 0 Å². The van der Waals surface area contributed by atoms with Crippen LogP contribution in [0.4, 0.5) is 45.5 Å². The van der Waals surface area contributed by atoms with Crippen molar-refractivity contribution in [2.75, 3.05) is 46.6 Å². The SMILES string of the molecule is COc1ccc(N=Nc2cc(OC)c(N=Nc3cc(OC)c(N=Nc4c(S(=O)(=O)O)cc5cc(NCc6ccc(N)cc6)ccc5c4O)cc3OC)cc2OC)c(C)c1. The average Bonchev–Trinajstić information content (AvgIpc) is 3.23. The Balaban J connectivity index is 1.30. The number of hydrogen-bond acceptors (Lipinski definition) is 16. The minimum absolute atomic E-state index is 0.0763. The zero-order valence-corrected chi connectivity index (χ0v) is 33.6.